The Balaban J connectivity index is 1.63. The molecule has 5 heteroatoms. The van der Waals surface area contributed by atoms with Gasteiger partial charge in [-0.1, -0.05) is 30.3 Å². The Hall–Kier alpha value is -2.69. The van der Waals surface area contributed by atoms with E-state index < -0.39 is 0 Å². The SMILES string of the molecule is Cc1cccc2cnn(CCC(=O)N(C)Cc3ccc(F)cc3)c12. The van der Waals surface area contributed by atoms with Crippen LogP contribution in [0.15, 0.2) is 48.7 Å². The predicted molar refractivity (Wildman–Crippen MR) is 92.0 cm³/mol. The molecule has 4 nitrogen and oxygen atoms in total. The summed E-state index contributed by atoms with van der Waals surface area (Å²) in [6.07, 6.45) is 2.21. The molecule has 0 unspecified atom stereocenters. The van der Waals surface area contributed by atoms with Gasteiger partial charge in [0.15, 0.2) is 0 Å². The maximum absolute atomic E-state index is 12.9. The topological polar surface area (TPSA) is 38.1 Å². The molecule has 2 aromatic carbocycles. The fourth-order valence-electron chi connectivity index (χ4n) is 2.84. The molecule has 3 aromatic rings. The smallest absolute Gasteiger partial charge is 0.224 e. The molecule has 0 radical (unpaired) electrons. The van der Waals surface area contributed by atoms with Gasteiger partial charge >= 0.3 is 0 Å². The van der Waals surface area contributed by atoms with E-state index in [9.17, 15) is 9.18 Å². The lowest BCUT2D eigenvalue weighted by atomic mass is 10.2. The number of nitrogens with zero attached hydrogens (tertiary/aromatic N) is 3. The largest absolute Gasteiger partial charge is 0.341 e. The van der Waals surface area contributed by atoms with Gasteiger partial charge in [-0.25, -0.2) is 4.39 Å². The predicted octanol–water partition coefficient (Wildman–Crippen LogP) is 3.53. The molecule has 24 heavy (non-hydrogen) atoms. The minimum atomic E-state index is -0.270. The number of halogens is 1. The average molecular weight is 325 g/mol. The summed E-state index contributed by atoms with van der Waals surface area (Å²) in [5.41, 5.74) is 3.14. The maximum Gasteiger partial charge on any atom is 0.224 e. The molecule has 0 fully saturated rings. The van der Waals surface area contributed by atoms with E-state index in [1.54, 1.807) is 24.1 Å². The fourth-order valence-corrected chi connectivity index (χ4v) is 2.84. The van der Waals surface area contributed by atoms with Crippen molar-refractivity contribution in [2.75, 3.05) is 7.05 Å². The van der Waals surface area contributed by atoms with Crippen molar-refractivity contribution in [3.63, 3.8) is 0 Å². The van der Waals surface area contributed by atoms with Crippen molar-refractivity contribution in [1.29, 1.82) is 0 Å². The number of carbonyl (C=O) groups excluding carboxylic acids is 1. The molecule has 0 bridgehead atoms. The van der Waals surface area contributed by atoms with Crippen LogP contribution in [0.4, 0.5) is 4.39 Å². The van der Waals surface area contributed by atoms with Crippen LogP contribution < -0.4 is 0 Å². The summed E-state index contributed by atoms with van der Waals surface area (Å²) in [6, 6.07) is 12.3. The molecule has 0 spiro atoms. The summed E-state index contributed by atoms with van der Waals surface area (Å²) in [5, 5.41) is 5.47. The number of rotatable bonds is 5. The van der Waals surface area contributed by atoms with E-state index in [1.807, 2.05) is 36.0 Å². The number of para-hydroxylation sites is 1. The van der Waals surface area contributed by atoms with Gasteiger partial charge in [0.1, 0.15) is 5.82 Å². The molecule has 1 heterocycles. The van der Waals surface area contributed by atoms with Crippen LogP contribution >= 0.6 is 0 Å². The summed E-state index contributed by atoms with van der Waals surface area (Å²) in [7, 11) is 1.76. The van der Waals surface area contributed by atoms with Crippen molar-refractivity contribution in [1.82, 2.24) is 14.7 Å². The lowest BCUT2D eigenvalue weighted by molar-refractivity contribution is -0.130. The van der Waals surface area contributed by atoms with Crippen molar-refractivity contribution >= 4 is 16.8 Å². The number of fused-ring (bicyclic) bond motifs is 1. The number of carbonyl (C=O) groups is 1. The second-order valence-corrected chi connectivity index (χ2v) is 6.01. The summed E-state index contributed by atoms with van der Waals surface area (Å²) < 4.78 is 14.8. The maximum atomic E-state index is 12.9. The monoisotopic (exact) mass is 325 g/mol. The van der Waals surface area contributed by atoms with Crippen LogP contribution in [0.3, 0.4) is 0 Å². The van der Waals surface area contributed by atoms with Gasteiger partial charge in [0, 0.05) is 25.4 Å². The van der Waals surface area contributed by atoms with Crippen LogP contribution in [0.5, 0.6) is 0 Å². The van der Waals surface area contributed by atoms with Crippen LogP contribution in [0, 0.1) is 12.7 Å². The quantitative estimate of drug-likeness (QED) is 0.720. The molecular formula is C19H20FN3O. The van der Waals surface area contributed by atoms with Crippen molar-refractivity contribution in [2.45, 2.75) is 26.4 Å². The number of amides is 1. The zero-order chi connectivity index (χ0) is 17.1. The minimum absolute atomic E-state index is 0.0385. The molecule has 0 aliphatic rings. The Morgan fingerprint density at radius 3 is 2.71 bits per heavy atom. The van der Waals surface area contributed by atoms with E-state index in [4.69, 9.17) is 0 Å². The molecule has 1 amide bonds. The Labute approximate surface area is 140 Å². The number of hydrogen-bond donors (Lipinski definition) is 0. The van der Waals surface area contributed by atoms with E-state index in [0.29, 0.717) is 19.5 Å². The third kappa shape index (κ3) is 3.45. The van der Waals surface area contributed by atoms with E-state index >= 15 is 0 Å². The zero-order valence-corrected chi connectivity index (χ0v) is 13.9. The molecule has 1 aromatic heterocycles. The first-order valence-corrected chi connectivity index (χ1v) is 7.94. The van der Waals surface area contributed by atoms with Crippen molar-refractivity contribution in [3.8, 4) is 0 Å². The number of benzene rings is 2. The molecule has 124 valence electrons. The van der Waals surface area contributed by atoms with E-state index in [1.165, 1.54) is 12.1 Å². The Kier molecular flexibility index (Phi) is 4.60. The normalized spacial score (nSPS) is 11.0. The van der Waals surface area contributed by atoms with Gasteiger partial charge in [0.25, 0.3) is 0 Å². The molecule has 0 saturated heterocycles. The van der Waals surface area contributed by atoms with E-state index in [2.05, 4.69) is 5.10 Å². The third-order valence-corrected chi connectivity index (χ3v) is 4.16. The first-order valence-electron chi connectivity index (χ1n) is 7.94. The van der Waals surface area contributed by atoms with Crippen molar-refractivity contribution in [2.24, 2.45) is 0 Å². The van der Waals surface area contributed by atoms with Crippen molar-refractivity contribution in [3.05, 3.63) is 65.6 Å². The number of aromatic nitrogens is 2. The van der Waals surface area contributed by atoms with Gasteiger partial charge in [-0.3, -0.25) is 9.48 Å². The molecule has 0 aliphatic carbocycles. The first-order chi connectivity index (χ1) is 11.5. The average Bonchev–Trinajstić information content (AvgIpc) is 2.99. The van der Waals surface area contributed by atoms with Gasteiger partial charge < -0.3 is 4.90 Å². The highest BCUT2D eigenvalue weighted by Crippen LogP contribution is 2.18. The Bertz CT molecular complexity index is 855. The lowest BCUT2D eigenvalue weighted by Crippen LogP contribution is -2.27. The summed E-state index contributed by atoms with van der Waals surface area (Å²) >= 11 is 0. The van der Waals surface area contributed by atoms with Crippen LogP contribution in [-0.4, -0.2) is 27.6 Å². The van der Waals surface area contributed by atoms with Gasteiger partial charge in [-0.05, 0) is 30.2 Å². The fraction of sp³-hybridized carbons (Fsp3) is 0.263. The van der Waals surface area contributed by atoms with E-state index in [0.717, 1.165) is 22.0 Å². The van der Waals surface area contributed by atoms with E-state index in [-0.39, 0.29) is 11.7 Å². The summed E-state index contributed by atoms with van der Waals surface area (Å²) in [5.74, 6) is -0.231. The molecule has 0 N–H and O–H groups in total. The Morgan fingerprint density at radius 2 is 1.96 bits per heavy atom. The molecular weight excluding hydrogens is 305 g/mol. The number of hydrogen-bond acceptors (Lipinski definition) is 2. The van der Waals surface area contributed by atoms with Gasteiger partial charge in [0.2, 0.25) is 5.91 Å². The first kappa shape index (κ1) is 16.2. The highest BCUT2D eigenvalue weighted by Gasteiger charge is 2.12. The van der Waals surface area contributed by atoms with Crippen molar-refractivity contribution < 1.29 is 9.18 Å². The van der Waals surface area contributed by atoms with Crippen LogP contribution in [0.1, 0.15) is 17.5 Å². The molecule has 0 aliphatic heterocycles. The second kappa shape index (κ2) is 6.83. The van der Waals surface area contributed by atoms with Crippen LogP contribution in [-0.2, 0) is 17.9 Å². The van der Waals surface area contributed by atoms with Crippen LogP contribution in [0.2, 0.25) is 0 Å². The molecule has 3 rings (SSSR count). The van der Waals surface area contributed by atoms with Gasteiger partial charge in [-0.2, -0.15) is 5.10 Å². The van der Waals surface area contributed by atoms with Crippen LogP contribution in [0.25, 0.3) is 10.9 Å². The standard InChI is InChI=1S/C19H20FN3O/c1-14-4-3-5-16-12-21-23(19(14)16)11-10-18(24)22(2)13-15-6-8-17(20)9-7-15/h3-9,12H,10-11,13H2,1-2H3. The van der Waals surface area contributed by atoms with Gasteiger partial charge in [-0.15, -0.1) is 0 Å². The molecule has 0 saturated carbocycles. The number of aryl methyl sites for hydroxylation is 2. The summed E-state index contributed by atoms with van der Waals surface area (Å²) in [4.78, 5) is 14.0. The van der Waals surface area contributed by atoms with Gasteiger partial charge in [0.05, 0.1) is 18.3 Å². The highest BCUT2D eigenvalue weighted by molar-refractivity contribution is 5.82. The highest BCUT2D eigenvalue weighted by atomic mass is 19.1. The second-order valence-electron chi connectivity index (χ2n) is 6.01. The third-order valence-electron chi connectivity index (χ3n) is 4.16. The zero-order valence-electron chi connectivity index (χ0n) is 13.9. The summed E-state index contributed by atoms with van der Waals surface area (Å²) in [6.45, 7) is 3.06. The lowest BCUT2D eigenvalue weighted by Gasteiger charge is -2.17. The molecule has 0 atom stereocenters. The minimum Gasteiger partial charge on any atom is -0.341 e. The Morgan fingerprint density at radius 1 is 1.21 bits per heavy atom.